The number of aromatic nitrogens is 6. The van der Waals surface area contributed by atoms with Crippen LogP contribution >= 0.6 is 0 Å². The van der Waals surface area contributed by atoms with E-state index in [1.807, 2.05) is 16.4 Å². The lowest BCUT2D eigenvalue weighted by Gasteiger charge is -2.36. The van der Waals surface area contributed by atoms with Crippen molar-refractivity contribution in [2.75, 3.05) is 25.0 Å². The van der Waals surface area contributed by atoms with Gasteiger partial charge < -0.3 is 19.5 Å². The average Bonchev–Trinajstić information content (AvgIpc) is 3.43. The number of likely N-dealkylation sites (tertiary alicyclic amines) is 1. The number of hydrogen-bond acceptors (Lipinski definition) is 8. The summed E-state index contributed by atoms with van der Waals surface area (Å²) in [4.78, 5) is 37.6. The van der Waals surface area contributed by atoms with E-state index >= 15 is 0 Å². The van der Waals surface area contributed by atoms with Crippen molar-refractivity contribution in [3.8, 4) is 11.4 Å². The molecule has 10 heteroatoms. The minimum atomic E-state index is -0.235. The summed E-state index contributed by atoms with van der Waals surface area (Å²) in [5.74, 6) is 2.46. The van der Waals surface area contributed by atoms with Crippen LogP contribution < -0.4 is 5.32 Å². The van der Waals surface area contributed by atoms with Gasteiger partial charge in [-0.15, -0.1) is 0 Å². The Kier molecular flexibility index (Phi) is 5.93. The van der Waals surface area contributed by atoms with Crippen molar-refractivity contribution >= 4 is 22.9 Å². The highest BCUT2D eigenvalue weighted by molar-refractivity contribution is 5.86. The van der Waals surface area contributed by atoms with E-state index < -0.39 is 0 Å². The summed E-state index contributed by atoms with van der Waals surface area (Å²) in [6, 6.07) is 0.118. The summed E-state index contributed by atoms with van der Waals surface area (Å²) in [5.41, 5.74) is 2.09. The average molecular weight is 465 g/mol. The first-order valence-corrected chi connectivity index (χ1v) is 12.0. The van der Waals surface area contributed by atoms with Crippen molar-refractivity contribution in [3.63, 3.8) is 0 Å². The van der Waals surface area contributed by atoms with Crippen LogP contribution in [0.4, 0.5) is 5.82 Å². The number of rotatable bonds is 5. The van der Waals surface area contributed by atoms with Crippen LogP contribution in [0.25, 0.3) is 22.6 Å². The number of carbonyl (C=O) groups excluding carboxylic acids is 1. The molecular formula is C24H32N8O2. The smallest absolute Gasteiger partial charge is 0.225 e. The number of aryl methyl sites for hydroxylation is 2. The van der Waals surface area contributed by atoms with Gasteiger partial charge >= 0.3 is 0 Å². The molecule has 2 atom stereocenters. The maximum absolute atomic E-state index is 13.2. The van der Waals surface area contributed by atoms with Gasteiger partial charge in [-0.1, -0.05) is 0 Å². The van der Waals surface area contributed by atoms with Crippen LogP contribution in [0, 0.1) is 12.8 Å². The summed E-state index contributed by atoms with van der Waals surface area (Å²) in [5, 5.41) is 3.54. The molecule has 0 aliphatic carbocycles. The van der Waals surface area contributed by atoms with Gasteiger partial charge in [0.05, 0.1) is 11.2 Å². The van der Waals surface area contributed by atoms with Crippen molar-refractivity contribution in [2.45, 2.75) is 65.1 Å². The van der Waals surface area contributed by atoms with Crippen molar-refractivity contribution in [1.29, 1.82) is 0 Å². The zero-order valence-corrected chi connectivity index (χ0v) is 20.3. The Balaban J connectivity index is 1.34. The molecule has 180 valence electrons. The summed E-state index contributed by atoms with van der Waals surface area (Å²) < 4.78 is 7.84. The zero-order chi connectivity index (χ0) is 23.9. The normalized spacial score (nSPS) is 22.3. The summed E-state index contributed by atoms with van der Waals surface area (Å²) in [6.45, 7) is 10.8. The minimum Gasteiger partial charge on any atom is -0.376 e. The third-order valence-corrected chi connectivity index (χ3v) is 6.77. The van der Waals surface area contributed by atoms with E-state index in [0.29, 0.717) is 25.5 Å². The number of ether oxygens (including phenoxy) is 1. The molecular weight excluding hydrogens is 432 g/mol. The molecule has 2 fully saturated rings. The lowest BCUT2D eigenvalue weighted by Crippen LogP contribution is -2.43. The predicted molar refractivity (Wildman–Crippen MR) is 128 cm³/mol. The van der Waals surface area contributed by atoms with E-state index in [4.69, 9.17) is 9.72 Å². The van der Waals surface area contributed by atoms with Crippen LogP contribution in [0.15, 0.2) is 18.7 Å². The molecule has 2 unspecified atom stereocenters. The van der Waals surface area contributed by atoms with E-state index in [1.54, 1.807) is 18.7 Å². The Labute approximate surface area is 199 Å². The van der Waals surface area contributed by atoms with Crippen LogP contribution in [-0.2, 0) is 16.1 Å². The molecule has 1 N–H and O–H groups in total. The van der Waals surface area contributed by atoms with E-state index in [-0.39, 0.29) is 23.5 Å². The minimum absolute atomic E-state index is 0.0350. The molecule has 2 saturated heterocycles. The highest BCUT2D eigenvalue weighted by Gasteiger charge is 2.37. The second-order valence-corrected chi connectivity index (χ2v) is 9.81. The van der Waals surface area contributed by atoms with E-state index in [1.165, 1.54) is 0 Å². The fourth-order valence-electron chi connectivity index (χ4n) is 5.04. The van der Waals surface area contributed by atoms with Crippen molar-refractivity contribution in [2.24, 2.45) is 5.92 Å². The second-order valence-electron chi connectivity index (χ2n) is 9.81. The first kappa shape index (κ1) is 22.6. The summed E-state index contributed by atoms with van der Waals surface area (Å²) in [7, 11) is 0. The number of amides is 1. The highest BCUT2D eigenvalue weighted by atomic mass is 16.5. The molecule has 0 radical (unpaired) electrons. The molecule has 0 saturated carbocycles. The van der Waals surface area contributed by atoms with Crippen LogP contribution in [0.1, 0.15) is 45.9 Å². The summed E-state index contributed by atoms with van der Waals surface area (Å²) >= 11 is 0. The molecule has 10 nitrogen and oxygen atoms in total. The van der Waals surface area contributed by atoms with E-state index in [0.717, 1.165) is 54.2 Å². The van der Waals surface area contributed by atoms with Gasteiger partial charge in [0.1, 0.15) is 18.0 Å². The molecule has 1 amide bonds. The largest absolute Gasteiger partial charge is 0.376 e. The molecule has 2 aliphatic rings. The number of hydrogen-bond donors (Lipinski definition) is 1. The maximum Gasteiger partial charge on any atom is 0.225 e. The van der Waals surface area contributed by atoms with Crippen LogP contribution in [0.5, 0.6) is 0 Å². The molecule has 3 aromatic rings. The monoisotopic (exact) mass is 464 g/mol. The molecule has 0 bridgehead atoms. The van der Waals surface area contributed by atoms with Crippen molar-refractivity contribution in [1.82, 2.24) is 34.4 Å². The fourth-order valence-corrected chi connectivity index (χ4v) is 5.04. The first-order chi connectivity index (χ1) is 16.3. The lowest BCUT2D eigenvalue weighted by molar-refractivity contribution is -0.144. The van der Waals surface area contributed by atoms with Gasteiger partial charge in [-0.25, -0.2) is 24.9 Å². The van der Waals surface area contributed by atoms with E-state index in [2.05, 4.69) is 46.0 Å². The van der Waals surface area contributed by atoms with Crippen molar-refractivity contribution in [3.05, 3.63) is 24.5 Å². The lowest BCUT2D eigenvalue weighted by atomic mass is 9.87. The van der Waals surface area contributed by atoms with Crippen LogP contribution in [0.3, 0.4) is 0 Å². The maximum atomic E-state index is 13.2. The van der Waals surface area contributed by atoms with Crippen LogP contribution in [-0.4, -0.2) is 71.6 Å². The Bertz CT molecular complexity index is 1190. The van der Waals surface area contributed by atoms with Crippen molar-refractivity contribution < 1.29 is 9.53 Å². The van der Waals surface area contributed by atoms with Gasteiger partial charge in [-0.2, -0.15) is 0 Å². The van der Waals surface area contributed by atoms with Crippen LogP contribution in [0.2, 0.25) is 0 Å². The molecule has 2 aliphatic heterocycles. The zero-order valence-electron chi connectivity index (χ0n) is 20.3. The quantitative estimate of drug-likeness (QED) is 0.614. The van der Waals surface area contributed by atoms with Gasteiger partial charge in [0.25, 0.3) is 0 Å². The summed E-state index contributed by atoms with van der Waals surface area (Å²) in [6.07, 6.45) is 7.58. The van der Waals surface area contributed by atoms with E-state index in [9.17, 15) is 4.79 Å². The second kappa shape index (κ2) is 8.90. The first-order valence-electron chi connectivity index (χ1n) is 12.0. The van der Waals surface area contributed by atoms with Gasteiger partial charge in [0, 0.05) is 50.6 Å². The SMILES string of the molecule is CCn1c(-c2cnc(C)nc2)nc2c(NC3CCN(C(=O)C4CCOC(C)(C)C4)C3)ncnc21. The van der Waals surface area contributed by atoms with Gasteiger partial charge in [0.15, 0.2) is 17.0 Å². The molecule has 34 heavy (non-hydrogen) atoms. The number of carbonyl (C=O) groups is 1. The standard InChI is InChI=1S/C24H32N8O2/c1-5-32-21(17-11-25-15(2)26-12-17)30-19-20(27-14-28-22(19)32)29-18-6-8-31(13-18)23(33)16-7-9-34-24(3,4)10-16/h11-12,14,16,18H,5-10,13H2,1-4H3,(H,27,28,29). The third kappa shape index (κ3) is 4.34. The number of nitrogens with zero attached hydrogens (tertiary/aromatic N) is 7. The fraction of sp³-hybridized carbons (Fsp3) is 0.583. The Morgan fingerprint density at radius 2 is 2.00 bits per heavy atom. The Morgan fingerprint density at radius 3 is 2.74 bits per heavy atom. The number of fused-ring (bicyclic) bond motifs is 1. The number of anilines is 1. The molecule has 3 aromatic heterocycles. The molecule has 0 spiro atoms. The molecule has 5 rings (SSSR count). The van der Waals surface area contributed by atoms with Gasteiger partial charge in [-0.05, 0) is 47.0 Å². The number of imidazole rings is 1. The Morgan fingerprint density at radius 1 is 1.21 bits per heavy atom. The number of nitrogens with one attached hydrogen (secondary N) is 1. The van der Waals surface area contributed by atoms with Gasteiger partial charge in [-0.3, -0.25) is 4.79 Å². The predicted octanol–water partition coefficient (Wildman–Crippen LogP) is 2.83. The topological polar surface area (TPSA) is 111 Å². The third-order valence-electron chi connectivity index (χ3n) is 6.77. The highest BCUT2D eigenvalue weighted by Crippen LogP contribution is 2.31. The Hall–Kier alpha value is -3.14. The van der Waals surface area contributed by atoms with Gasteiger partial charge in [0.2, 0.25) is 5.91 Å². The molecule has 0 aromatic carbocycles. The molecule has 5 heterocycles.